The third-order valence-corrected chi connectivity index (χ3v) is 5.99. The lowest BCUT2D eigenvalue weighted by molar-refractivity contribution is 0.0582. The van der Waals surface area contributed by atoms with Gasteiger partial charge >= 0.3 is 0 Å². The van der Waals surface area contributed by atoms with E-state index < -0.39 is 0 Å². The molecule has 1 heteroatoms. The molecule has 1 aliphatic heterocycles. The van der Waals surface area contributed by atoms with Crippen LogP contribution in [0.3, 0.4) is 0 Å². The van der Waals surface area contributed by atoms with Crippen LogP contribution in [0.2, 0.25) is 0 Å². The maximum Gasteiger partial charge on any atom is 0.109 e. The van der Waals surface area contributed by atoms with Gasteiger partial charge in [-0.15, -0.1) is 0 Å². The summed E-state index contributed by atoms with van der Waals surface area (Å²) in [5.41, 5.74) is 8.01. The average molecular weight is 385 g/mol. The van der Waals surface area contributed by atoms with E-state index in [1.807, 2.05) is 0 Å². The molecular weight excluding hydrogens is 352 g/mol. The van der Waals surface area contributed by atoms with Crippen molar-refractivity contribution < 1.29 is 4.74 Å². The van der Waals surface area contributed by atoms with Gasteiger partial charge in [0.15, 0.2) is 0 Å². The summed E-state index contributed by atoms with van der Waals surface area (Å²) in [6.45, 7) is 13.5. The molecular formula is C28H32O. The first kappa shape index (κ1) is 19.9. The van der Waals surface area contributed by atoms with Crippen molar-refractivity contribution in [1.82, 2.24) is 0 Å². The first-order chi connectivity index (χ1) is 13.6. The molecule has 3 aromatic rings. The summed E-state index contributed by atoms with van der Waals surface area (Å²) in [5, 5.41) is 0. The number of benzene rings is 3. The summed E-state index contributed by atoms with van der Waals surface area (Å²) in [5.74, 6) is 0. The zero-order chi connectivity index (χ0) is 20.8. The number of hydrogen-bond donors (Lipinski definition) is 0. The summed E-state index contributed by atoms with van der Waals surface area (Å²) >= 11 is 0. The molecule has 150 valence electrons. The highest BCUT2D eigenvalue weighted by Gasteiger charge is 2.33. The molecule has 0 saturated carbocycles. The van der Waals surface area contributed by atoms with Gasteiger partial charge in [0, 0.05) is 0 Å². The third kappa shape index (κ3) is 3.89. The zero-order valence-electron chi connectivity index (χ0n) is 18.5. The van der Waals surface area contributed by atoms with Crippen LogP contribution in [0.25, 0.3) is 0 Å². The quantitative estimate of drug-likeness (QED) is 0.445. The van der Waals surface area contributed by atoms with E-state index in [4.69, 9.17) is 4.74 Å². The van der Waals surface area contributed by atoms with Crippen LogP contribution in [0.4, 0.5) is 0 Å². The molecule has 0 bridgehead atoms. The van der Waals surface area contributed by atoms with Crippen molar-refractivity contribution in [2.45, 2.75) is 64.6 Å². The molecule has 0 N–H and O–H groups in total. The maximum atomic E-state index is 6.65. The van der Waals surface area contributed by atoms with Crippen molar-refractivity contribution in [2.24, 2.45) is 0 Å². The number of hydrogen-bond acceptors (Lipinski definition) is 1. The van der Waals surface area contributed by atoms with E-state index in [0.717, 1.165) is 0 Å². The Morgan fingerprint density at radius 3 is 1.17 bits per heavy atom. The fourth-order valence-electron chi connectivity index (χ4n) is 4.10. The summed E-state index contributed by atoms with van der Waals surface area (Å²) in [6.07, 6.45) is -0.0416. The Balaban J connectivity index is 1.68. The minimum atomic E-state index is -0.0208. The van der Waals surface area contributed by atoms with Crippen LogP contribution >= 0.6 is 0 Å². The molecule has 0 fully saturated rings. The molecule has 1 heterocycles. The first-order valence-electron chi connectivity index (χ1n) is 10.6. The number of ether oxygens (including phenoxy) is 1. The molecule has 0 amide bonds. The van der Waals surface area contributed by atoms with E-state index in [1.54, 1.807) is 0 Å². The van der Waals surface area contributed by atoms with Crippen LogP contribution < -0.4 is 0 Å². The molecule has 1 aliphatic rings. The third-order valence-electron chi connectivity index (χ3n) is 5.99. The van der Waals surface area contributed by atoms with Gasteiger partial charge in [-0.1, -0.05) is 114 Å². The number of fused-ring (bicyclic) bond motifs is 1. The molecule has 2 unspecified atom stereocenters. The van der Waals surface area contributed by atoms with E-state index in [9.17, 15) is 0 Å². The van der Waals surface area contributed by atoms with E-state index in [2.05, 4.69) is 114 Å². The molecule has 1 nitrogen and oxygen atoms in total. The van der Waals surface area contributed by atoms with Gasteiger partial charge in [-0.2, -0.15) is 0 Å². The SMILES string of the molecule is CC(C)(C)c1ccc(C2OC(c3ccc(C(C)(C)C)cc3)c3ccccc32)cc1. The summed E-state index contributed by atoms with van der Waals surface area (Å²) < 4.78 is 6.65. The highest BCUT2D eigenvalue weighted by molar-refractivity contribution is 5.46. The largest absolute Gasteiger partial charge is 0.356 e. The second kappa shape index (κ2) is 7.15. The molecule has 0 aromatic heterocycles. The lowest BCUT2D eigenvalue weighted by Crippen LogP contribution is -2.11. The van der Waals surface area contributed by atoms with Gasteiger partial charge in [0.25, 0.3) is 0 Å². The Kier molecular flexibility index (Phi) is 4.91. The fourth-order valence-corrected chi connectivity index (χ4v) is 4.10. The Bertz CT molecular complexity index is 900. The second-order valence-corrected chi connectivity index (χ2v) is 10.3. The minimum absolute atomic E-state index is 0.0208. The summed E-state index contributed by atoms with van der Waals surface area (Å²) in [7, 11) is 0. The van der Waals surface area contributed by atoms with Crippen molar-refractivity contribution in [2.75, 3.05) is 0 Å². The van der Waals surface area contributed by atoms with Gasteiger partial charge in [0.05, 0.1) is 0 Å². The van der Waals surface area contributed by atoms with Gasteiger partial charge in [-0.25, -0.2) is 0 Å². The van der Waals surface area contributed by atoms with Crippen molar-refractivity contribution in [3.05, 3.63) is 106 Å². The van der Waals surface area contributed by atoms with Crippen molar-refractivity contribution in [1.29, 1.82) is 0 Å². The van der Waals surface area contributed by atoms with Gasteiger partial charge in [0.1, 0.15) is 12.2 Å². The Morgan fingerprint density at radius 1 is 0.517 bits per heavy atom. The van der Waals surface area contributed by atoms with Crippen LogP contribution in [0, 0.1) is 0 Å². The summed E-state index contributed by atoms with van der Waals surface area (Å²) in [4.78, 5) is 0. The highest BCUT2D eigenvalue weighted by Crippen LogP contribution is 2.46. The topological polar surface area (TPSA) is 9.23 Å². The Labute approximate surface area is 175 Å². The van der Waals surface area contributed by atoms with Crippen molar-refractivity contribution in [3.8, 4) is 0 Å². The molecule has 3 aromatic carbocycles. The van der Waals surface area contributed by atoms with Crippen LogP contribution in [-0.2, 0) is 15.6 Å². The van der Waals surface area contributed by atoms with Crippen molar-refractivity contribution >= 4 is 0 Å². The van der Waals surface area contributed by atoms with E-state index in [1.165, 1.54) is 33.4 Å². The molecule has 2 atom stereocenters. The molecule has 0 radical (unpaired) electrons. The molecule has 0 saturated heterocycles. The Morgan fingerprint density at radius 2 is 0.862 bits per heavy atom. The Hall–Kier alpha value is -2.38. The molecule has 0 aliphatic carbocycles. The molecule has 4 rings (SSSR count). The van der Waals surface area contributed by atoms with E-state index in [0.29, 0.717) is 0 Å². The van der Waals surface area contributed by atoms with E-state index in [-0.39, 0.29) is 23.0 Å². The zero-order valence-corrected chi connectivity index (χ0v) is 18.5. The van der Waals surface area contributed by atoms with Crippen LogP contribution in [0.15, 0.2) is 72.8 Å². The molecule has 29 heavy (non-hydrogen) atoms. The normalized spacial score (nSPS) is 19.2. The maximum absolute atomic E-state index is 6.65. The predicted octanol–water partition coefficient (Wildman–Crippen LogP) is 7.49. The second-order valence-electron chi connectivity index (χ2n) is 10.3. The lowest BCUT2D eigenvalue weighted by Gasteiger charge is -2.21. The van der Waals surface area contributed by atoms with Gasteiger partial charge in [-0.05, 0) is 44.2 Å². The predicted molar refractivity (Wildman–Crippen MR) is 121 cm³/mol. The van der Waals surface area contributed by atoms with Crippen molar-refractivity contribution in [3.63, 3.8) is 0 Å². The molecule has 0 spiro atoms. The van der Waals surface area contributed by atoms with Gasteiger partial charge in [-0.3, -0.25) is 0 Å². The van der Waals surface area contributed by atoms with Crippen LogP contribution in [-0.4, -0.2) is 0 Å². The standard InChI is InChI=1S/C28H32O/c1-27(2,3)21-15-11-19(12-16-21)25-23-9-7-8-10-24(23)26(29-25)20-13-17-22(18-14-20)28(4,5)6/h7-18,25-26H,1-6H3. The minimum Gasteiger partial charge on any atom is -0.356 e. The lowest BCUT2D eigenvalue weighted by atomic mass is 9.85. The fraction of sp³-hybridized carbons (Fsp3) is 0.357. The van der Waals surface area contributed by atoms with Gasteiger partial charge < -0.3 is 4.74 Å². The van der Waals surface area contributed by atoms with Crippen LogP contribution in [0.5, 0.6) is 0 Å². The smallest absolute Gasteiger partial charge is 0.109 e. The first-order valence-corrected chi connectivity index (χ1v) is 10.6. The summed E-state index contributed by atoms with van der Waals surface area (Å²) in [6, 6.07) is 26.5. The van der Waals surface area contributed by atoms with Crippen LogP contribution in [0.1, 0.15) is 87.1 Å². The highest BCUT2D eigenvalue weighted by atomic mass is 16.5. The number of rotatable bonds is 2. The van der Waals surface area contributed by atoms with E-state index >= 15 is 0 Å². The van der Waals surface area contributed by atoms with Gasteiger partial charge in [0.2, 0.25) is 0 Å². The average Bonchev–Trinajstić information content (AvgIpc) is 3.07. The monoisotopic (exact) mass is 384 g/mol.